The van der Waals surface area contributed by atoms with E-state index in [-0.39, 0.29) is 17.9 Å². The predicted molar refractivity (Wildman–Crippen MR) is 111 cm³/mol. The summed E-state index contributed by atoms with van der Waals surface area (Å²) in [5, 5.41) is 0. The first-order valence-corrected chi connectivity index (χ1v) is 9.53. The second-order valence-corrected chi connectivity index (χ2v) is 7.23. The van der Waals surface area contributed by atoms with Crippen molar-refractivity contribution in [3.05, 3.63) is 72.2 Å². The Morgan fingerprint density at radius 3 is 2.62 bits per heavy atom. The summed E-state index contributed by atoms with van der Waals surface area (Å²) in [6.07, 6.45) is 1.73. The van der Waals surface area contributed by atoms with Crippen molar-refractivity contribution in [3.8, 4) is 11.3 Å². The van der Waals surface area contributed by atoms with Crippen LogP contribution in [-0.2, 0) is 17.9 Å². The molecule has 0 spiro atoms. The summed E-state index contributed by atoms with van der Waals surface area (Å²) in [5.41, 5.74) is 11.3. The van der Waals surface area contributed by atoms with Crippen LogP contribution in [0.25, 0.3) is 22.3 Å². The van der Waals surface area contributed by atoms with Gasteiger partial charge in [-0.15, -0.1) is 0 Å². The highest BCUT2D eigenvalue weighted by molar-refractivity contribution is 5.84. The molecule has 2 N–H and O–H groups in total. The van der Waals surface area contributed by atoms with E-state index in [2.05, 4.69) is 15.0 Å². The normalized spacial score (nSPS) is 14.2. The highest BCUT2D eigenvalue weighted by atomic mass is 16.2. The number of para-hydroxylation sites is 2. The van der Waals surface area contributed by atoms with E-state index >= 15 is 0 Å². The number of carbonyl (C=O) groups is 1. The Morgan fingerprint density at radius 2 is 1.79 bits per heavy atom. The maximum atomic E-state index is 13.3. The number of rotatable bonds is 3. The molecule has 5 rings (SSSR count). The van der Waals surface area contributed by atoms with Crippen LogP contribution in [0.3, 0.4) is 0 Å². The maximum Gasteiger partial charge on any atom is 0.246 e. The largest absolute Gasteiger partial charge is 0.368 e. The van der Waals surface area contributed by atoms with Gasteiger partial charge in [-0.3, -0.25) is 4.79 Å². The van der Waals surface area contributed by atoms with Gasteiger partial charge in [-0.05, 0) is 19.1 Å². The Kier molecular flexibility index (Phi) is 4.01. The van der Waals surface area contributed by atoms with Crippen LogP contribution in [0.1, 0.15) is 24.2 Å². The first-order valence-electron chi connectivity index (χ1n) is 9.53. The summed E-state index contributed by atoms with van der Waals surface area (Å²) in [6.45, 7) is 2.80. The van der Waals surface area contributed by atoms with Crippen LogP contribution in [0.5, 0.6) is 0 Å². The number of benzene rings is 2. The summed E-state index contributed by atoms with van der Waals surface area (Å²) in [6, 6.07) is 17.3. The molecule has 144 valence electrons. The van der Waals surface area contributed by atoms with E-state index in [0.717, 1.165) is 33.5 Å². The van der Waals surface area contributed by atoms with Crippen LogP contribution < -0.4 is 5.73 Å². The average molecular weight is 384 g/mol. The standard InChI is InChI=1S/C22H20N6O/c1-14(28-13-24-17-9-5-6-10-19(17)28)21(29)27-11-16-18(12-27)25-22(23)26-20(16)15-7-3-2-4-8-15/h2-10,13-14H,11-12H2,1H3,(H2,23,25,26). The van der Waals surface area contributed by atoms with Gasteiger partial charge in [0, 0.05) is 11.1 Å². The first kappa shape index (κ1) is 17.4. The van der Waals surface area contributed by atoms with Crippen molar-refractivity contribution >= 4 is 22.9 Å². The van der Waals surface area contributed by atoms with Gasteiger partial charge in [0.1, 0.15) is 6.04 Å². The molecule has 1 unspecified atom stereocenters. The Bertz CT molecular complexity index is 1220. The molecule has 1 aliphatic rings. The van der Waals surface area contributed by atoms with Gasteiger partial charge < -0.3 is 15.2 Å². The van der Waals surface area contributed by atoms with E-state index < -0.39 is 0 Å². The molecule has 4 aromatic rings. The minimum absolute atomic E-state index is 0.0173. The number of imidazole rings is 1. The van der Waals surface area contributed by atoms with Crippen molar-refractivity contribution in [2.75, 3.05) is 5.73 Å². The van der Waals surface area contributed by atoms with E-state index in [0.29, 0.717) is 13.1 Å². The second kappa shape index (κ2) is 6.70. The van der Waals surface area contributed by atoms with Gasteiger partial charge in [-0.1, -0.05) is 42.5 Å². The van der Waals surface area contributed by atoms with Gasteiger partial charge in [0.15, 0.2) is 0 Å². The molecule has 0 radical (unpaired) electrons. The number of aromatic nitrogens is 4. The van der Waals surface area contributed by atoms with Gasteiger partial charge in [-0.25, -0.2) is 15.0 Å². The lowest BCUT2D eigenvalue weighted by molar-refractivity contribution is -0.134. The lowest BCUT2D eigenvalue weighted by Gasteiger charge is -2.21. The van der Waals surface area contributed by atoms with E-state index in [1.165, 1.54) is 0 Å². The summed E-state index contributed by atoms with van der Waals surface area (Å²) in [7, 11) is 0. The third-order valence-corrected chi connectivity index (χ3v) is 5.41. The quantitative estimate of drug-likeness (QED) is 0.586. The Hall–Kier alpha value is -3.74. The molecule has 2 aromatic heterocycles. The van der Waals surface area contributed by atoms with Gasteiger partial charge >= 0.3 is 0 Å². The Balaban J connectivity index is 1.46. The maximum absolute atomic E-state index is 13.3. The summed E-state index contributed by atoms with van der Waals surface area (Å²) >= 11 is 0. The SMILES string of the molecule is CC(C(=O)N1Cc2nc(N)nc(-c3ccccc3)c2C1)n1cnc2ccccc21. The van der Waals surface area contributed by atoms with Gasteiger partial charge in [0.2, 0.25) is 11.9 Å². The summed E-state index contributed by atoms with van der Waals surface area (Å²) in [4.78, 5) is 28.4. The third kappa shape index (κ3) is 2.91. The number of hydrogen-bond donors (Lipinski definition) is 1. The van der Waals surface area contributed by atoms with Crippen molar-refractivity contribution in [2.24, 2.45) is 0 Å². The van der Waals surface area contributed by atoms with Gasteiger partial charge in [0.25, 0.3) is 0 Å². The zero-order valence-electron chi connectivity index (χ0n) is 16.0. The summed E-state index contributed by atoms with van der Waals surface area (Å²) < 4.78 is 1.92. The van der Waals surface area contributed by atoms with Crippen molar-refractivity contribution in [2.45, 2.75) is 26.1 Å². The van der Waals surface area contributed by atoms with Crippen molar-refractivity contribution in [1.82, 2.24) is 24.4 Å². The molecule has 7 heteroatoms. The fourth-order valence-electron chi connectivity index (χ4n) is 3.93. The average Bonchev–Trinajstić information content (AvgIpc) is 3.37. The van der Waals surface area contributed by atoms with Crippen LogP contribution >= 0.6 is 0 Å². The van der Waals surface area contributed by atoms with E-state index in [9.17, 15) is 4.79 Å². The number of carbonyl (C=O) groups excluding carboxylic acids is 1. The molecule has 0 aliphatic carbocycles. The number of anilines is 1. The molecule has 1 aliphatic heterocycles. The number of fused-ring (bicyclic) bond motifs is 2. The highest BCUT2D eigenvalue weighted by Crippen LogP contribution is 2.32. The fraction of sp³-hybridized carbons (Fsp3) is 0.182. The molecule has 29 heavy (non-hydrogen) atoms. The van der Waals surface area contributed by atoms with Crippen LogP contribution in [0, 0.1) is 0 Å². The molecule has 1 atom stereocenters. The van der Waals surface area contributed by atoms with Crippen LogP contribution in [0.15, 0.2) is 60.9 Å². The molecular weight excluding hydrogens is 364 g/mol. The molecule has 7 nitrogen and oxygen atoms in total. The zero-order valence-corrected chi connectivity index (χ0v) is 16.0. The molecule has 0 fully saturated rings. The van der Waals surface area contributed by atoms with Crippen LogP contribution in [0.2, 0.25) is 0 Å². The molecule has 0 bridgehead atoms. The van der Waals surface area contributed by atoms with Gasteiger partial charge in [-0.2, -0.15) is 0 Å². The number of nitrogens with two attached hydrogens (primary N) is 1. The number of nitrogen functional groups attached to an aromatic ring is 1. The van der Waals surface area contributed by atoms with Gasteiger partial charge in [0.05, 0.1) is 41.8 Å². The molecule has 0 saturated heterocycles. The minimum Gasteiger partial charge on any atom is -0.368 e. The van der Waals surface area contributed by atoms with Crippen LogP contribution in [0.4, 0.5) is 5.95 Å². The van der Waals surface area contributed by atoms with Crippen molar-refractivity contribution in [1.29, 1.82) is 0 Å². The second-order valence-electron chi connectivity index (χ2n) is 7.23. The highest BCUT2D eigenvalue weighted by Gasteiger charge is 2.31. The molecular formula is C22H20N6O. The Labute approximate surface area is 167 Å². The van der Waals surface area contributed by atoms with E-state index in [1.54, 1.807) is 6.33 Å². The van der Waals surface area contributed by atoms with Crippen molar-refractivity contribution in [3.63, 3.8) is 0 Å². The monoisotopic (exact) mass is 384 g/mol. The minimum atomic E-state index is -0.373. The number of nitrogens with zero attached hydrogens (tertiary/aromatic N) is 5. The lowest BCUT2D eigenvalue weighted by Crippen LogP contribution is -2.32. The number of hydrogen-bond acceptors (Lipinski definition) is 5. The smallest absolute Gasteiger partial charge is 0.246 e. The number of amides is 1. The third-order valence-electron chi connectivity index (χ3n) is 5.41. The summed E-state index contributed by atoms with van der Waals surface area (Å²) in [5.74, 6) is 0.245. The fourth-order valence-corrected chi connectivity index (χ4v) is 3.93. The van der Waals surface area contributed by atoms with E-state index in [4.69, 9.17) is 5.73 Å². The first-order chi connectivity index (χ1) is 14.1. The predicted octanol–water partition coefficient (Wildman–Crippen LogP) is 3.18. The topological polar surface area (TPSA) is 89.9 Å². The molecule has 0 saturated carbocycles. The van der Waals surface area contributed by atoms with Crippen LogP contribution in [-0.4, -0.2) is 30.3 Å². The van der Waals surface area contributed by atoms with E-state index in [1.807, 2.05) is 71.0 Å². The zero-order chi connectivity index (χ0) is 20.0. The molecule has 2 aromatic carbocycles. The van der Waals surface area contributed by atoms with Crippen molar-refractivity contribution < 1.29 is 4.79 Å². The Morgan fingerprint density at radius 1 is 1.03 bits per heavy atom. The molecule has 1 amide bonds. The lowest BCUT2D eigenvalue weighted by atomic mass is 10.1. The molecule has 3 heterocycles.